The van der Waals surface area contributed by atoms with Gasteiger partial charge in [0.2, 0.25) is 0 Å². The van der Waals surface area contributed by atoms with Gasteiger partial charge < -0.3 is 24.3 Å². The Morgan fingerprint density at radius 2 is 1.89 bits per heavy atom. The summed E-state index contributed by atoms with van der Waals surface area (Å²) >= 11 is 6.55. The van der Waals surface area contributed by atoms with Crippen LogP contribution in [0.4, 0.5) is 0 Å². The van der Waals surface area contributed by atoms with Crippen LogP contribution in [0.15, 0.2) is 65.0 Å². The standard InChI is InChI=1S/C27H28ClNO6/c1-5-12-34-26(30)23-15(2)29-19-14-21(16-10-11-20(32-3)22(13-16)33-4)35-27(31)25(19)24(23)17-8-6-7-9-18(17)28/h6-11,13,21,24,29H,5,12,14H2,1-4H3. The largest absolute Gasteiger partial charge is 0.493 e. The molecule has 2 aliphatic heterocycles. The number of methoxy groups -OCH3 is 2. The zero-order valence-electron chi connectivity index (χ0n) is 20.1. The van der Waals surface area contributed by atoms with Crippen molar-refractivity contribution < 1.29 is 28.5 Å². The van der Waals surface area contributed by atoms with Crippen LogP contribution in [-0.2, 0) is 19.1 Å². The van der Waals surface area contributed by atoms with Gasteiger partial charge in [0.05, 0.1) is 37.9 Å². The van der Waals surface area contributed by atoms with E-state index in [0.717, 1.165) is 5.56 Å². The van der Waals surface area contributed by atoms with E-state index in [2.05, 4.69) is 5.32 Å². The molecule has 2 aromatic carbocycles. The number of carbonyl (C=O) groups excluding carboxylic acids is 2. The molecular formula is C27H28ClNO6. The Hall–Kier alpha value is -3.45. The van der Waals surface area contributed by atoms with Crippen molar-refractivity contribution in [2.24, 2.45) is 0 Å². The first-order valence-corrected chi connectivity index (χ1v) is 11.8. The number of hydrogen-bond acceptors (Lipinski definition) is 7. The van der Waals surface area contributed by atoms with Crippen molar-refractivity contribution in [3.05, 3.63) is 81.2 Å². The Balaban J connectivity index is 1.77. The highest BCUT2D eigenvalue weighted by molar-refractivity contribution is 6.31. The van der Waals surface area contributed by atoms with E-state index in [4.69, 9.17) is 30.5 Å². The van der Waals surface area contributed by atoms with Crippen LogP contribution >= 0.6 is 11.6 Å². The van der Waals surface area contributed by atoms with Crippen molar-refractivity contribution in [1.82, 2.24) is 5.32 Å². The summed E-state index contributed by atoms with van der Waals surface area (Å²) in [6, 6.07) is 12.6. The molecule has 8 heteroatoms. The lowest BCUT2D eigenvalue weighted by atomic mass is 9.78. The molecule has 0 fully saturated rings. The normalized spacial score (nSPS) is 19.5. The van der Waals surface area contributed by atoms with Gasteiger partial charge in [-0.15, -0.1) is 0 Å². The lowest BCUT2D eigenvalue weighted by Crippen LogP contribution is -2.37. The highest BCUT2D eigenvalue weighted by Crippen LogP contribution is 2.46. The van der Waals surface area contributed by atoms with E-state index in [1.807, 2.05) is 32.0 Å². The molecule has 0 spiro atoms. The molecule has 2 heterocycles. The zero-order valence-corrected chi connectivity index (χ0v) is 20.9. The van der Waals surface area contributed by atoms with Crippen molar-refractivity contribution in [1.29, 1.82) is 0 Å². The number of allylic oxidation sites excluding steroid dienone is 1. The van der Waals surface area contributed by atoms with Crippen LogP contribution in [0.25, 0.3) is 0 Å². The van der Waals surface area contributed by atoms with Gasteiger partial charge in [-0.25, -0.2) is 9.59 Å². The molecule has 4 rings (SSSR count). The molecule has 2 aliphatic rings. The van der Waals surface area contributed by atoms with Crippen molar-refractivity contribution in [3.8, 4) is 11.5 Å². The summed E-state index contributed by atoms with van der Waals surface area (Å²) in [5, 5.41) is 3.74. The molecule has 2 atom stereocenters. The fourth-order valence-electron chi connectivity index (χ4n) is 4.52. The lowest BCUT2D eigenvalue weighted by Gasteiger charge is -2.36. The number of ether oxygens (including phenoxy) is 4. The molecule has 0 saturated carbocycles. The second-order valence-electron chi connectivity index (χ2n) is 8.36. The number of nitrogens with one attached hydrogen (secondary N) is 1. The number of dihydropyridines is 1. The number of halogens is 1. The third-order valence-electron chi connectivity index (χ3n) is 6.16. The van der Waals surface area contributed by atoms with E-state index < -0.39 is 24.0 Å². The smallest absolute Gasteiger partial charge is 0.337 e. The highest BCUT2D eigenvalue weighted by atomic mass is 35.5. The fraction of sp³-hybridized carbons (Fsp3) is 0.333. The van der Waals surface area contributed by atoms with Gasteiger partial charge in [-0.05, 0) is 42.7 Å². The van der Waals surface area contributed by atoms with Gasteiger partial charge in [-0.2, -0.15) is 0 Å². The average molecular weight is 498 g/mol. The van der Waals surface area contributed by atoms with Gasteiger partial charge in [0.25, 0.3) is 0 Å². The molecule has 2 unspecified atom stereocenters. The van der Waals surface area contributed by atoms with Gasteiger partial charge in [0, 0.05) is 22.8 Å². The molecule has 7 nitrogen and oxygen atoms in total. The maximum absolute atomic E-state index is 13.5. The van der Waals surface area contributed by atoms with Gasteiger partial charge in [-0.3, -0.25) is 0 Å². The van der Waals surface area contributed by atoms with E-state index in [-0.39, 0.29) is 6.61 Å². The second kappa shape index (κ2) is 10.4. The minimum absolute atomic E-state index is 0.280. The first-order valence-electron chi connectivity index (χ1n) is 11.4. The number of benzene rings is 2. The third-order valence-corrected chi connectivity index (χ3v) is 6.50. The van der Waals surface area contributed by atoms with Crippen LogP contribution in [0, 0.1) is 0 Å². The van der Waals surface area contributed by atoms with Crippen molar-refractivity contribution in [2.75, 3.05) is 20.8 Å². The number of esters is 2. The van der Waals surface area contributed by atoms with Crippen LogP contribution in [-0.4, -0.2) is 32.8 Å². The van der Waals surface area contributed by atoms with Gasteiger partial charge in [0.1, 0.15) is 6.10 Å². The number of hydrogen-bond donors (Lipinski definition) is 1. The van der Waals surface area contributed by atoms with Crippen molar-refractivity contribution >= 4 is 23.5 Å². The summed E-state index contributed by atoms with van der Waals surface area (Å²) in [7, 11) is 3.12. The first kappa shape index (κ1) is 24.7. The maximum atomic E-state index is 13.5. The summed E-state index contributed by atoms with van der Waals surface area (Å²) in [4.78, 5) is 26.6. The molecule has 35 heavy (non-hydrogen) atoms. The minimum Gasteiger partial charge on any atom is -0.493 e. The van der Waals surface area contributed by atoms with Crippen LogP contribution in [0.5, 0.6) is 11.5 Å². The Morgan fingerprint density at radius 1 is 1.14 bits per heavy atom. The number of carbonyl (C=O) groups is 2. The zero-order chi connectivity index (χ0) is 25.1. The van der Waals surface area contributed by atoms with Crippen molar-refractivity contribution in [2.45, 2.75) is 38.7 Å². The lowest BCUT2D eigenvalue weighted by molar-refractivity contribution is -0.146. The third kappa shape index (κ3) is 4.73. The van der Waals surface area contributed by atoms with Crippen LogP contribution < -0.4 is 14.8 Å². The van der Waals surface area contributed by atoms with E-state index in [1.54, 1.807) is 38.5 Å². The average Bonchev–Trinajstić information content (AvgIpc) is 2.86. The summed E-state index contributed by atoms with van der Waals surface area (Å²) in [5.74, 6) is -0.576. The van der Waals surface area contributed by atoms with E-state index in [9.17, 15) is 9.59 Å². The number of cyclic esters (lactones) is 1. The predicted octanol–water partition coefficient (Wildman–Crippen LogP) is 5.21. The van der Waals surface area contributed by atoms with Crippen LogP contribution in [0.3, 0.4) is 0 Å². The molecule has 0 radical (unpaired) electrons. The van der Waals surface area contributed by atoms with Crippen LogP contribution in [0.1, 0.15) is 49.8 Å². The van der Waals surface area contributed by atoms with E-state index in [0.29, 0.717) is 57.5 Å². The quantitative estimate of drug-likeness (QED) is 0.525. The maximum Gasteiger partial charge on any atom is 0.337 e. The second-order valence-corrected chi connectivity index (χ2v) is 8.77. The molecule has 0 saturated heterocycles. The molecule has 2 aromatic rings. The SMILES string of the molecule is CCCOC(=O)C1=C(C)NC2=C(C(=O)OC(c3ccc(OC)c(OC)c3)C2)C1c1ccccc1Cl. The van der Waals surface area contributed by atoms with E-state index in [1.165, 1.54) is 0 Å². The van der Waals surface area contributed by atoms with Crippen molar-refractivity contribution in [3.63, 3.8) is 0 Å². The van der Waals surface area contributed by atoms with Crippen LogP contribution in [0.2, 0.25) is 5.02 Å². The summed E-state index contributed by atoms with van der Waals surface area (Å²) in [6.07, 6.45) is 0.541. The van der Waals surface area contributed by atoms with Gasteiger partial charge >= 0.3 is 11.9 Å². The molecular weight excluding hydrogens is 470 g/mol. The molecule has 0 bridgehead atoms. The summed E-state index contributed by atoms with van der Waals surface area (Å²) in [6.45, 7) is 4.01. The Labute approximate surface area is 209 Å². The topological polar surface area (TPSA) is 83.1 Å². The van der Waals surface area contributed by atoms with Gasteiger partial charge in [-0.1, -0.05) is 42.8 Å². The number of rotatable bonds is 7. The molecule has 0 aliphatic carbocycles. The summed E-state index contributed by atoms with van der Waals surface area (Å²) in [5.41, 5.74) is 3.45. The Morgan fingerprint density at radius 3 is 2.57 bits per heavy atom. The Kier molecular flexibility index (Phi) is 7.36. The molecule has 1 N–H and O–H groups in total. The molecule has 0 amide bonds. The summed E-state index contributed by atoms with van der Waals surface area (Å²) < 4.78 is 22.1. The van der Waals surface area contributed by atoms with E-state index >= 15 is 0 Å². The first-order chi connectivity index (χ1) is 16.9. The predicted molar refractivity (Wildman–Crippen MR) is 131 cm³/mol. The monoisotopic (exact) mass is 497 g/mol. The molecule has 0 aromatic heterocycles. The minimum atomic E-state index is -0.705. The van der Waals surface area contributed by atoms with Gasteiger partial charge in [0.15, 0.2) is 11.5 Å². The highest BCUT2D eigenvalue weighted by Gasteiger charge is 2.43. The Bertz CT molecular complexity index is 1220. The fourth-order valence-corrected chi connectivity index (χ4v) is 4.77. The molecule has 184 valence electrons.